The molecule has 7 nitrogen and oxygen atoms in total. The number of hydrogen-bond acceptors (Lipinski definition) is 4. The van der Waals surface area contributed by atoms with Crippen LogP contribution in [0.5, 0.6) is 0 Å². The van der Waals surface area contributed by atoms with Gasteiger partial charge >= 0.3 is 12.0 Å². The second-order valence-corrected chi connectivity index (χ2v) is 4.62. The third kappa shape index (κ3) is 2.56. The predicted octanol–water partition coefficient (Wildman–Crippen LogP) is 0.331. The fourth-order valence-corrected chi connectivity index (χ4v) is 2.31. The van der Waals surface area contributed by atoms with Crippen LogP contribution in [0, 0.1) is 0 Å². The summed E-state index contributed by atoms with van der Waals surface area (Å²) in [7, 11) is 0. The number of urea groups is 1. The molecule has 0 saturated heterocycles. The zero-order valence-electron chi connectivity index (χ0n) is 10.9. The van der Waals surface area contributed by atoms with Gasteiger partial charge in [0, 0.05) is 12.2 Å². The molecule has 0 radical (unpaired) electrons. The third-order valence-corrected chi connectivity index (χ3v) is 3.36. The van der Waals surface area contributed by atoms with Gasteiger partial charge < -0.3 is 15.7 Å². The molecule has 0 aromatic heterocycles. The maximum Gasteiger partial charge on any atom is 0.335 e. The number of amides is 3. The Morgan fingerprint density at radius 3 is 2.70 bits per heavy atom. The summed E-state index contributed by atoms with van der Waals surface area (Å²) in [5.41, 5.74) is 6.77. The molecule has 0 saturated carbocycles. The molecule has 1 heterocycles. The molecule has 2 rings (SSSR count). The van der Waals surface area contributed by atoms with E-state index < -0.39 is 23.9 Å². The van der Waals surface area contributed by atoms with Crippen molar-refractivity contribution in [1.29, 1.82) is 0 Å². The average molecular weight is 277 g/mol. The second-order valence-electron chi connectivity index (χ2n) is 4.62. The first-order valence-corrected chi connectivity index (χ1v) is 6.13. The molecule has 1 unspecified atom stereocenters. The van der Waals surface area contributed by atoms with Crippen LogP contribution in [0.4, 0.5) is 10.5 Å². The summed E-state index contributed by atoms with van der Waals surface area (Å²) in [6, 6.07) is 3.32. The third-order valence-electron chi connectivity index (χ3n) is 3.36. The van der Waals surface area contributed by atoms with E-state index in [0.717, 1.165) is 12.0 Å². The number of fused-ring (bicyclic) bond motifs is 1. The van der Waals surface area contributed by atoms with Gasteiger partial charge in [-0.3, -0.25) is 10.1 Å². The fourth-order valence-electron chi connectivity index (χ4n) is 2.31. The van der Waals surface area contributed by atoms with E-state index in [0.29, 0.717) is 12.2 Å². The number of carbonyl (C=O) groups excluding carboxylic acids is 2. The van der Waals surface area contributed by atoms with Crippen molar-refractivity contribution in [1.82, 2.24) is 5.32 Å². The summed E-state index contributed by atoms with van der Waals surface area (Å²) in [6.45, 7) is 2.23. The van der Waals surface area contributed by atoms with Crippen molar-refractivity contribution in [3.63, 3.8) is 0 Å². The maximum atomic E-state index is 11.8. The van der Waals surface area contributed by atoms with Gasteiger partial charge in [0.15, 0.2) is 0 Å². The highest BCUT2D eigenvalue weighted by Crippen LogP contribution is 2.30. The number of anilines is 1. The minimum absolute atomic E-state index is 0.165. The topological polar surface area (TPSA) is 113 Å². The van der Waals surface area contributed by atoms with Gasteiger partial charge in [-0.15, -0.1) is 0 Å². The fraction of sp³-hybridized carbons (Fsp3) is 0.308. The summed E-state index contributed by atoms with van der Waals surface area (Å²) in [5, 5.41) is 11.0. The van der Waals surface area contributed by atoms with E-state index in [2.05, 4.69) is 0 Å². The van der Waals surface area contributed by atoms with Crippen molar-refractivity contribution in [3.8, 4) is 0 Å². The molecule has 3 amide bonds. The zero-order chi connectivity index (χ0) is 14.9. The number of carboxylic acids is 1. The smallest absolute Gasteiger partial charge is 0.335 e. The molecule has 1 aliphatic heterocycles. The number of carboxylic acid groups (broad SMARTS) is 1. The second kappa shape index (κ2) is 5.20. The van der Waals surface area contributed by atoms with Crippen molar-refractivity contribution in [3.05, 3.63) is 29.3 Å². The predicted molar refractivity (Wildman–Crippen MR) is 71.6 cm³/mol. The number of primary amides is 1. The normalized spacial score (nSPS) is 14.6. The van der Waals surface area contributed by atoms with Crippen LogP contribution in [0.3, 0.4) is 0 Å². The van der Waals surface area contributed by atoms with Crippen LogP contribution < -0.4 is 16.0 Å². The van der Waals surface area contributed by atoms with Gasteiger partial charge in [0.2, 0.25) is 5.91 Å². The molecule has 1 aromatic carbocycles. The summed E-state index contributed by atoms with van der Waals surface area (Å²) in [6.07, 6.45) is 0.726. The van der Waals surface area contributed by atoms with Gasteiger partial charge in [0.1, 0.15) is 6.04 Å². The van der Waals surface area contributed by atoms with Crippen molar-refractivity contribution in [2.75, 3.05) is 11.4 Å². The van der Waals surface area contributed by atoms with Gasteiger partial charge in [0.05, 0.1) is 5.56 Å². The van der Waals surface area contributed by atoms with Crippen molar-refractivity contribution >= 4 is 23.6 Å². The van der Waals surface area contributed by atoms with Crippen LogP contribution in [0.25, 0.3) is 0 Å². The molecule has 0 spiro atoms. The van der Waals surface area contributed by atoms with E-state index in [1.54, 1.807) is 30.0 Å². The first kappa shape index (κ1) is 13.9. The van der Waals surface area contributed by atoms with Crippen LogP contribution in [0.2, 0.25) is 0 Å². The summed E-state index contributed by atoms with van der Waals surface area (Å²) in [4.78, 5) is 35.3. The Morgan fingerprint density at radius 1 is 1.40 bits per heavy atom. The lowest BCUT2D eigenvalue weighted by Crippen LogP contribution is -2.48. The SMILES string of the molecule is CC(C(=O)NC(N)=O)N1CCc2ccc(C(=O)O)cc21. The standard InChI is InChI=1S/C13H15N3O4/c1-7(11(17)15-13(14)20)16-5-4-8-2-3-9(12(18)19)6-10(8)16/h2-3,6-7H,4-5H2,1H3,(H,18,19)(H3,14,15,17,20). The Morgan fingerprint density at radius 2 is 2.10 bits per heavy atom. The van der Waals surface area contributed by atoms with E-state index >= 15 is 0 Å². The minimum atomic E-state index is -1.02. The van der Waals surface area contributed by atoms with Gasteiger partial charge in [-0.2, -0.15) is 0 Å². The monoisotopic (exact) mass is 277 g/mol. The highest BCUT2D eigenvalue weighted by molar-refractivity contribution is 5.98. The van der Waals surface area contributed by atoms with Crippen molar-refractivity contribution in [2.24, 2.45) is 5.73 Å². The van der Waals surface area contributed by atoms with Crippen LogP contribution in [0.15, 0.2) is 18.2 Å². The summed E-state index contributed by atoms with van der Waals surface area (Å²) < 4.78 is 0. The maximum absolute atomic E-state index is 11.8. The molecule has 106 valence electrons. The molecule has 0 fully saturated rings. The van der Waals surface area contributed by atoms with Crippen LogP contribution in [-0.2, 0) is 11.2 Å². The number of rotatable bonds is 3. The van der Waals surface area contributed by atoms with E-state index in [1.807, 2.05) is 5.32 Å². The highest BCUT2D eigenvalue weighted by atomic mass is 16.4. The lowest BCUT2D eigenvalue weighted by molar-refractivity contribution is -0.120. The number of benzene rings is 1. The quantitative estimate of drug-likeness (QED) is 0.737. The van der Waals surface area contributed by atoms with Gasteiger partial charge in [-0.05, 0) is 31.0 Å². The van der Waals surface area contributed by atoms with Crippen LogP contribution in [-0.4, -0.2) is 35.6 Å². The highest BCUT2D eigenvalue weighted by Gasteiger charge is 2.28. The molecular formula is C13H15N3O4. The Hall–Kier alpha value is -2.57. The molecule has 0 bridgehead atoms. The van der Waals surface area contributed by atoms with Crippen molar-refractivity contribution in [2.45, 2.75) is 19.4 Å². The van der Waals surface area contributed by atoms with E-state index in [9.17, 15) is 14.4 Å². The number of imide groups is 1. The number of carbonyl (C=O) groups is 3. The number of nitrogens with zero attached hydrogens (tertiary/aromatic N) is 1. The molecule has 4 N–H and O–H groups in total. The van der Waals surface area contributed by atoms with E-state index in [-0.39, 0.29) is 5.56 Å². The minimum Gasteiger partial charge on any atom is -0.478 e. The Labute approximate surface area is 115 Å². The first-order chi connectivity index (χ1) is 9.40. The van der Waals surface area contributed by atoms with E-state index in [1.165, 1.54) is 0 Å². The number of hydrogen-bond donors (Lipinski definition) is 3. The average Bonchev–Trinajstić information content (AvgIpc) is 2.79. The lowest BCUT2D eigenvalue weighted by atomic mass is 10.1. The van der Waals surface area contributed by atoms with Gasteiger partial charge in [-0.25, -0.2) is 9.59 Å². The largest absolute Gasteiger partial charge is 0.478 e. The zero-order valence-corrected chi connectivity index (χ0v) is 10.9. The van der Waals surface area contributed by atoms with Gasteiger partial charge in [0.25, 0.3) is 0 Å². The number of nitrogens with two attached hydrogens (primary N) is 1. The lowest BCUT2D eigenvalue weighted by Gasteiger charge is -2.26. The number of nitrogens with one attached hydrogen (secondary N) is 1. The van der Waals surface area contributed by atoms with Crippen LogP contribution in [0.1, 0.15) is 22.8 Å². The number of aromatic carboxylic acids is 1. The molecule has 1 aliphatic rings. The molecule has 1 atom stereocenters. The molecule has 20 heavy (non-hydrogen) atoms. The molecule has 7 heteroatoms. The first-order valence-electron chi connectivity index (χ1n) is 6.13. The Balaban J connectivity index is 2.26. The van der Waals surface area contributed by atoms with E-state index in [4.69, 9.17) is 10.8 Å². The Kier molecular flexibility index (Phi) is 3.60. The Bertz CT molecular complexity index is 585. The van der Waals surface area contributed by atoms with Gasteiger partial charge in [-0.1, -0.05) is 6.07 Å². The molecule has 0 aliphatic carbocycles. The molecular weight excluding hydrogens is 262 g/mol. The summed E-state index contributed by atoms with van der Waals surface area (Å²) >= 11 is 0. The summed E-state index contributed by atoms with van der Waals surface area (Å²) in [5.74, 6) is -1.53. The van der Waals surface area contributed by atoms with Crippen molar-refractivity contribution < 1.29 is 19.5 Å². The molecule has 1 aromatic rings. The van der Waals surface area contributed by atoms with Crippen LogP contribution >= 0.6 is 0 Å².